The number of rotatable bonds is 6. The molecule has 5 heteroatoms. The van der Waals surface area contributed by atoms with Crippen molar-refractivity contribution >= 4 is 23.2 Å². The van der Waals surface area contributed by atoms with Crippen molar-refractivity contribution in [3.63, 3.8) is 0 Å². The zero-order valence-electron chi connectivity index (χ0n) is 9.37. The van der Waals surface area contributed by atoms with Crippen molar-refractivity contribution in [2.75, 3.05) is 20.3 Å². The highest BCUT2D eigenvalue weighted by atomic mass is 35.5. The van der Waals surface area contributed by atoms with Gasteiger partial charge in [0.15, 0.2) is 0 Å². The third-order valence-electron chi connectivity index (χ3n) is 2.15. The normalized spacial score (nSPS) is 10.8. The highest BCUT2D eigenvalue weighted by molar-refractivity contribution is 6.44. The Balaban J connectivity index is 2.62. The van der Waals surface area contributed by atoms with Gasteiger partial charge in [0.25, 0.3) is 0 Å². The van der Waals surface area contributed by atoms with Crippen LogP contribution in [0, 0.1) is 6.92 Å². The van der Waals surface area contributed by atoms with Gasteiger partial charge in [0.2, 0.25) is 0 Å². The van der Waals surface area contributed by atoms with Crippen molar-refractivity contribution in [1.82, 2.24) is 4.98 Å². The van der Waals surface area contributed by atoms with E-state index in [1.165, 1.54) is 0 Å². The van der Waals surface area contributed by atoms with E-state index in [0.29, 0.717) is 18.9 Å². The van der Waals surface area contributed by atoms with E-state index >= 15 is 0 Å². The standard InChI is InChI=1S/C11H15Cl2NO2/c1-8-9(16-7-3-6-15-2)4-5-14-10(8)11(12)13/h4-5,11H,3,6-7H2,1-2H3. The molecule has 0 spiro atoms. The zero-order valence-corrected chi connectivity index (χ0v) is 10.9. The van der Waals surface area contributed by atoms with Crippen molar-refractivity contribution in [2.24, 2.45) is 0 Å². The fraction of sp³-hybridized carbons (Fsp3) is 0.545. The Kier molecular flexibility index (Phi) is 5.88. The highest BCUT2D eigenvalue weighted by Crippen LogP contribution is 2.30. The van der Waals surface area contributed by atoms with Crippen LogP contribution in [0.5, 0.6) is 5.75 Å². The minimum atomic E-state index is -0.623. The van der Waals surface area contributed by atoms with E-state index in [1.54, 1.807) is 13.3 Å². The molecule has 0 amide bonds. The SMILES string of the molecule is COCCCOc1ccnc(C(Cl)Cl)c1C. The Hall–Kier alpha value is -0.510. The quantitative estimate of drug-likeness (QED) is 0.583. The molecular weight excluding hydrogens is 249 g/mol. The Morgan fingerprint density at radius 3 is 2.75 bits per heavy atom. The lowest BCUT2D eigenvalue weighted by Gasteiger charge is -2.12. The van der Waals surface area contributed by atoms with Gasteiger partial charge < -0.3 is 9.47 Å². The lowest BCUT2D eigenvalue weighted by atomic mass is 10.2. The van der Waals surface area contributed by atoms with E-state index in [4.69, 9.17) is 32.7 Å². The van der Waals surface area contributed by atoms with Gasteiger partial charge in [-0.05, 0) is 13.0 Å². The van der Waals surface area contributed by atoms with Gasteiger partial charge in [0, 0.05) is 31.9 Å². The number of hydrogen-bond acceptors (Lipinski definition) is 3. The van der Waals surface area contributed by atoms with Gasteiger partial charge in [-0.25, -0.2) is 0 Å². The second-order valence-electron chi connectivity index (χ2n) is 3.31. The van der Waals surface area contributed by atoms with Crippen molar-refractivity contribution in [3.05, 3.63) is 23.5 Å². The van der Waals surface area contributed by atoms with Gasteiger partial charge in [-0.15, -0.1) is 0 Å². The number of halogens is 2. The lowest BCUT2D eigenvalue weighted by Crippen LogP contribution is -2.04. The summed E-state index contributed by atoms with van der Waals surface area (Å²) in [6.07, 6.45) is 2.49. The summed E-state index contributed by atoms with van der Waals surface area (Å²) in [5.41, 5.74) is 1.53. The number of nitrogens with zero attached hydrogens (tertiary/aromatic N) is 1. The molecule has 90 valence electrons. The van der Waals surface area contributed by atoms with E-state index in [0.717, 1.165) is 17.7 Å². The predicted octanol–water partition coefficient (Wildman–Crippen LogP) is 3.28. The van der Waals surface area contributed by atoms with Crippen LogP contribution in [0.2, 0.25) is 0 Å². The number of pyridine rings is 1. The molecule has 0 fully saturated rings. The van der Waals surface area contributed by atoms with Crippen LogP contribution in [-0.4, -0.2) is 25.3 Å². The van der Waals surface area contributed by atoms with E-state index in [9.17, 15) is 0 Å². The first-order valence-electron chi connectivity index (χ1n) is 5.02. The van der Waals surface area contributed by atoms with Crippen LogP contribution >= 0.6 is 23.2 Å². The van der Waals surface area contributed by atoms with Gasteiger partial charge in [0.1, 0.15) is 10.6 Å². The van der Waals surface area contributed by atoms with Crippen LogP contribution in [0.25, 0.3) is 0 Å². The highest BCUT2D eigenvalue weighted by Gasteiger charge is 2.12. The maximum absolute atomic E-state index is 5.79. The molecule has 16 heavy (non-hydrogen) atoms. The predicted molar refractivity (Wildman–Crippen MR) is 65.4 cm³/mol. The molecule has 0 radical (unpaired) electrons. The molecule has 0 aromatic carbocycles. The topological polar surface area (TPSA) is 31.4 Å². The number of ether oxygens (including phenoxy) is 2. The zero-order chi connectivity index (χ0) is 12.0. The molecule has 0 unspecified atom stereocenters. The molecule has 0 N–H and O–H groups in total. The first kappa shape index (κ1) is 13.6. The van der Waals surface area contributed by atoms with Crippen LogP contribution in [0.1, 0.15) is 22.5 Å². The minimum Gasteiger partial charge on any atom is -0.493 e. The lowest BCUT2D eigenvalue weighted by molar-refractivity contribution is 0.172. The molecule has 0 aliphatic heterocycles. The first-order valence-corrected chi connectivity index (χ1v) is 5.89. The maximum atomic E-state index is 5.79. The fourth-order valence-electron chi connectivity index (χ4n) is 1.30. The molecule has 1 aromatic heterocycles. The first-order chi connectivity index (χ1) is 7.66. The monoisotopic (exact) mass is 263 g/mol. The molecule has 0 bridgehead atoms. The Bertz CT molecular complexity index is 332. The van der Waals surface area contributed by atoms with Gasteiger partial charge >= 0.3 is 0 Å². The third kappa shape index (κ3) is 3.81. The number of methoxy groups -OCH3 is 1. The fourth-order valence-corrected chi connectivity index (χ4v) is 1.74. The van der Waals surface area contributed by atoms with Crippen LogP contribution in [0.15, 0.2) is 12.3 Å². The summed E-state index contributed by atoms with van der Waals surface area (Å²) in [7, 11) is 1.67. The van der Waals surface area contributed by atoms with Crippen LogP contribution in [0.4, 0.5) is 0 Å². The van der Waals surface area contributed by atoms with Crippen molar-refractivity contribution in [2.45, 2.75) is 18.2 Å². The number of aromatic nitrogens is 1. The van der Waals surface area contributed by atoms with Gasteiger partial charge in [0.05, 0.1) is 12.3 Å². The van der Waals surface area contributed by atoms with E-state index < -0.39 is 4.84 Å². The van der Waals surface area contributed by atoms with E-state index in [-0.39, 0.29) is 0 Å². The molecule has 0 atom stereocenters. The van der Waals surface area contributed by atoms with Gasteiger partial charge in [-0.3, -0.25) is 4.98 Å². The summed E-state index contributed by atoms with van der Waals surface area (Å²) in [6.45, 7) is 3.18. The van der Waals surface area contributed by atoms with E-state index in [2.05, 4.69) is 4.98 Å². The van der Waals surface area contributed by atoms with Crippen molar-refractivity contribution in [3.8, 4) is 5.75 Å². The second kappa shape index (κ2) is 6.94. The van der Waals surface area contributed by atoms with Crippen LogP contribution in [-0.2, 0) is 4.74 Å². The van der Waals surface area contributed by atoms with Crippen molar-refractivity contribution < 1.29 is 9.47 Å². The van der Waals surface area contributed by atoms with Crippen molar-refractivity contribution in [1.29, 1.82) is 0 Å². The van der Waals surface area contributed by atoms with Crippen LogP contribution < -0.4 is 4.74 Å². The third-order valence-corrected chi connectivity index (χ3v) is 2.56. The number of alkyl halides is 2. The van der Waals surface area contributed by atoms with Crippen LogP contribution in [0.3, 0.4) is 0 Å². The Morgan fingerprint density at radius 1 is 1.38 bits per heavy atom. The second-order valence-corrected chi connectivity index (χ2v) is 4.41. The molecule has 0 saturated carbocycles. The van der Waals surface area contributed by atoms with Gasteiger partial charge in [-0.1, -0.05) is 23.2 Å². The smallest absolute Gasteiger partial charge is 0.149 e. The molecule has 0 aliphatic carbocycles. The largest absolute Gasteiger partial charge is 0.493 e. The molecule has 1 rings (SSSR count). The average Bonchev–Trinajstić information content (AvgIpc) is 2.26. The molecule has 1 heterocycles. The Labute approximate surface area is 106 Å². The maximum Gasteiger partial charge on any atom is 0.149 e. The summed E-state index contributed by atoms with van der Waals surface area (Å²) in [5, 5.41) is 0. The van der Waals surface area contributed by atoms with E-state index in [1.807, 2.05) is 13.0 Å². The molecule has 1 aromatic rings. The average molecular weight is 264 g/mol. The molecule has 0 aliphatic rings. The Morgan fingerprint density at radius 2 is 2.12 bits per heavy atom. The number of hydrogen-bond donors (Lipinski definition) is 0. The van der Waals surface area contributed by atoms with Gasteiger partial charge in [-0.2, -0.15) is 0 Å². The molecule has 0 saturated heterocycles. The molecule has 3 nitrogen and oxygen atoms in total. The summed E-state index contributed by atoms with van der Waals surface area (Å²) in [5.74, 6) is 0.771. The summed E-state index contributed by atoms with van der Waals surface area (Å²) < 4.78 is 10.5. The summed E-state index contributed by atoms with van der Waals surface area (Å²) in [4.78, 5) is 3.49. The summed E-state index contributed by atoms with van der Waals surface area (Å²) in [6, 6.07) is 1.81. The summed E-state index contributed by atoms with van der Waals surface area (Å²) >= 11 is 11.6. The minimum absolute atomic E-state index is 0.605. The molecular formula is C11H15Cl2NO2.